The first-order valence-electron chi connectivity index (χ1n) is 9.14. The number of carbonyl (C=O) groups is 3. The zero-order valence-electron chi connectivity index (χ0n) is 15.9. The number of thiophene rings is 1. The van der Waals surface area contributed by atoms with Crippen molar-refractivity contribution in [2.75, 3.05) is 0 Å². The van der Waals surface area contributed by atoms with Crippen molar-refractivity contribution in [1.82, 2.24) is 10.2 Å². The number of carbonyl (C=O) groups excluding carboxylic acids is 2. The lowest BCUT2D eigenvalue weighted by atomic mass is 9.96. The third-order valence-electron chi connectivity index (χ3n) is 5.10. The largest absolute Gasteiger partial charge is 0.480 e. The number of rotatable bonds is 5. The molecule has 1 aromatic heterocycles. The fraction of sp³-hybridized carbons (Fsp3) is 0.286. The number of fused-ring (bicyclic) bond motifs is 1. The van der Waals surface area contributed by atoms with Gasteiger partial charge in [0.05, 0.1) is 5.57 Å². The van der Waals surface area contributed by atoms with Crippen LogP contribution in [0.15, 0.2) is 47.8 Å². The zero-order chi connectivity index (χ0) is 20.8. The van der Waals surface area contributed by atoms with E-state index in [9.17, 15) is 19.5 Å². The number of thioether (sulfide) groups is 1. The second-order valence-corrected chi connectivity index (χ2v) is 10.2. The first-order valence-corrected chi connectivity index (χ1v) is 10.9. The van der Waals surface area contributed by atoms with Crippen LogP contribution in [-0.4, -0.2) is 50.0 Å². The Morgan fingerprint density at radius 2 is 1.90 bits per heavy atom. The molecule has 0 saturated carbocycles. The summed E-state index contributed by atoms with van der Waals surface area (Å²) in [6.45, 7) is 3.63. The van der Waals surface area contributed by atoms with Gasteiger partial charge in [0.1, 0.15) is 17.5 Å². The number of amides is 2. The second kappa shape index (κ2) is 7.35. The van der Waals surface area contributed by atoms with Crippen molar-refractivity contribution < 1.29 is 19.5 Å². The van der Waals surface area contributed by atoms with Crippen LogP contribution in [0.2, 0.25) is 0 Å². The number of benzene rings is 1. The van der Waals surface area contributed by atoms with Crippen LogP contribution in [-0.2, 0) is 14.4 Å². The highest BCUT2D eigenvalue weighted by Crippen LogP contribution is 2.50. The van der Waals surface area contributed by atoms with Crippen molar-refractivity contribution in [3.05, 3.63) is 58.3 Å². The molecule has 0 radical (unpaired) electrons. The van der Waals surface area contributed by atoms with Gasteiger partial charge in [-0.1, -0.05) is 36.4 Å². The molecule has 2 amide bonds. The van der Waals surface area contributed by atoms with Gasteiger partial charge >= 0.3 is 5.97 Å². The molecule has 2 saturated heterocycles. The molecule has 2 N–H and O–H groups in total. The average molecular weight is 429 g/mol. The highest BCUT2D eigenvalue weighted by atomic mass is 32.2. The van der Waals surface area contributed by atoms with Crippen molar-refractivity contribution in [1.29, 1.82) is 0 Å². The minimum atomic E-state index is -1.02. The normalized spacial score (nSPS) is 25.3. The van der Waals surface area contributed by atoms with Crippen molar-refractivity contribution in [2.45, 2.75) is 36.1 Å². The Morgan fingerprint density at radius 1 is 1.17 bits per heavy atom. The number of carboxylic acid groups (broad SMARTS) is 1. The number of hydrogen-bond donors (Lipinski definition) is 2. The van der Waals surface area contributed by atoms with Crippen molar-refractivity contribution >= 4 is 52.5 Å². The van der Waals surface area contributed by atoms with Gasteiger partial charge in [0.25, 0.3) is 5.91 Å². The van der Waals surface area contributed by atoms with Crippen LogP contribution >= 0.6 is 23.1 Å². The van der Waals surface area contributed by atoms with Gasteiger partial charge in [-0.05, 0) is 36.9 Å². The van der Waals surface area contributed by atoms with Gasteiger partial charge in [0, 0.05) is 9.62 Å². The van der Waals surface area contributed by atoms with E-state index in [0.29, 0.717) is 5.57 Å². The van der Waals surface area contributed by atoms with Crippen LogP contribution < -0.4 is 5.32 Å². The summed E-state index contributed by atoms with van der Waals surface area (Å²) in [5.74, 6) is -1.71. The Balaban J connectivity index is 1.58. The fourth-order valence-electron chi connectivity index (χ4n) is 3.76. The summed E-state index contributed by atoms with van der Waals surface area (Å²) in [6, 6.07) is 11.6. The Labute approximate surface area is 176 Å². The number of aliphatic carboxylic acids is 1. The van der Waals surface area contributed by atoms with Crippen molar-refractivity contribution in [3.8, 4) is 0 Å². The van der Waals surface area contributed by atoms with Crippen LogP contribution in [0.1, 0.15) is 24.3 Å². The summed E-state index contributed by atoms with van der Waals surface area (Å²) >= 11 is 2.86. The highest BCUT2D eigenvalue weighted by Gasteiger charge is 2.64. The Kier molecular flexibility index (Phi) is 5.00. The second-order valence-electron chi connectivity index (χ2n) is 7.50. The molecule has 3 heterocycles. The third-order valence-corrected chi connectivity index (χ3v) is 7.58. The summed E-state index contributed by atoms with van der Waals surface area (Å²) in [4.78, 5) is 39.6. The number of nitrogens with zero attached hydrogens (tertiary/aromatic N) is 1. The molecule has 0 unspecified atom stereocenters. The SMILES string of the molecule is CC1(C)S[C@@H]2[C@H](NC(=O)C(=Cc3ccccc3)c3cccs3)C(=O)N2[C@H]1C(=O)O. The van der Waals surface area contributed by atoms with Crippen molar-refractivity contribution in [2.24, 2.45) is 0 Å². The summed E-state index contributed by atoms with van der Waals surface area (Å²) < 4.78 is -0.623. The summed E-state index contributed by atoms with van der Waals surface area (Å²) in [5.41, 5.74) is 1.37. The zero-order valence-corrected chi connectivity index (χ0v) is 17.5. The first kappa shape index (κ1) is 19.7. The number of carboxylic acids is 1. The molecular formula is C21H20N2O4S2. The van der Waals surface area contributed by atoms with Gasteiger partial charge < -0.3 is 15.3 Å². The Hall–Kier alpha value is -2.58. The van der Waals surface area contributed by atoms with Gasteiger partial charge in [-0.15, -0.1) is 23.1 Å². The molecule has 8 heteroatoms. The lowest BCUT2D eigenvalue weighted by Crippen LogP contribution is -2.70. The Bertz CT molecular complexity index is 985. The minimum Gasteiger partial charge on any atom is -0.480 e. The lowest BCUT2D eigenvalue weighted by molar-refractivity contribution is -0.160. The maximum atomic E-state index is 13.1. The summed E-state index contributed by atoms with van der Waals surface area (Å²) in [5, 5.41) is 13.9. The minimum absolute atomic E-state index is 0.341. The summed E-state index contributed by atoms with van der Waals surface area (Å²) in [7, 11) is 0. The van der Waals surface area contributed by atoms with Crippen LogP contribution in [0.5, 0.6) is 0 Å². The van der Waals surface area contributed by atoms with Crippen LogP contribution in [0.3, 0.4) is 0 Å². The molecule has 0 bridgehead atoms. The van der Waals surface area contributed by atoms with E-state index in [-0.39, 0.29) is 17.2 Å². The molecule has 150 valence electrons. The van der Waals surface area contributed by atoms with Gasteiger partial charge in [0.15, 0.2) is 0 Å². The quantitative estimate of drug-likeness (QED) is 0.565. The van der Waals surface area contributed by atoms with E-state index < -0.39 is 22.8 Å². The molecule has 29 heavy (non-hydrogen) atoms. The van der Waals surface area contributed by atoms with E-state index in [1.54, 1.807) is 6.08 Å². The fourth-order valence-corrected chi connectivity index (χ4v) is 6.13. The molecule has 4 rings (SSSR count). The predicted octanol–water partition coefficient (Wildman–Crippen LogP) is 2.92. The monoisotopic (exact) mass is 428 g/mol. The standard InChI is InChI=1S/C21H20N2O4S2/c1-21(2)16(20(26)27)23-18(25)15(19(23)29-21)22-17(24)13(14-9-6-10-28-14)11-12-7-4-3-5-8-12/h3-11,15-16,19H,1-2H3,(H,22,24)(H,26,27)/t15-,16+,19-/m1/s1. The third kappa shape index (κ3) is 3.47. The predicted molar refractivity (Wildman–Crippen MR) is 114 cm³/mol. The smallest absolute Gasteiger partial charge is 0.327 e. The molecule has 3 atom stereocenters. The molecule has 2 aliphatic heterocycles. The van der Waals surface area contributed by atoms with Crippen LogP contribution in [0.4, 0.5) is 0 Å². The molecular weight excluding hydrogens is 408 g/mol. The van der Waals surface area contributed by atoms with E-state index >= 15 is 0 Å². The Morgan fingerprint density at radius 3 is 2.52 bits per heavy atom. The van der Waals surface area contributed by atoms with Crippen molar-refractivity contribution in [3.63, 3.8) is 0 Å². The van der Waals surface area contributed by atoms with Gasteiger partial charge in [-0.3, -0.25) is 9.59 Å². The highest BCUT2D eigenvalue weighted by molar-refractivity contribution is 8.01. The lowest BCUT2D eigenvalue weighted by Gasteiger charge is -2.43. The molecule has 0 spiro atoms. The molecule has 1 aromatic carbocycles. The molecule has 2 aromatic rings. The van der Waals surface area contributed by atoms with Crippen LogP contribution in [0.25, 0.3) is 11.6 Å². The molecule has 2 aliphatic rings. The maximum Gasteiger partial charge on any atom is 0.327 e. The topological polar surface area (TPSA) is 86.7 Å². The first-order chi connectivity index (χ1) is 13.8. The number of hydrogen-bond acceptors (Lipinski definition) is 5. The molecule has 2 fully saturated rings. The molecule has 0 aliphatic carbocycles. The van der Waals surface area contributed by atoms with E-state index in [1.165, 1.54) is 28.0 Å². The average Bonchev–Trinajstić information content (AvgIpc) is 3.29. The summed E-state index contributed by atoms with van der Waals surface area (Å²) in [6.07, 6.45) is 1.80. The van der Waals surface area contributed by atoms with Crippen LogP contribution in [0, 0.1) is 0 Å². The van der Waals surface area contributed by atoms with E-state index in [4.69, 9.17) is 0 Å². The van der Waals surface area contributed by atoms with Gasteiger partial charge in [-0.25, -0.2) is 4.79 Å². The van der Waals surface area contributed by atoms with Gasteiger partial charge in [-0.2, -0.15) is 0 Å². The van der Waals surface area contributed by atoms with Gasteiger partial charge in [0.2, 0.25) is 5.91 Å². The van der Waals surface area contributed by atoms with E-state index in [2.05, 4.69) is 5.32 Å². The molecule has 6 nitrogen and oxygen atoms in total. The van der Waals surface area contributed by atoms with E-state index in [0.717, 1.165) is 10.4 Å². The maximum absolute atomic E-state index is 13.1. The van der Waals surface area contributed by atoms with E-state index in [1.807, 2.05) is 61.7 Å². The number of nitrogens with one attached hydrogen (secondary N) is 1. The number of β-lactam (4-membered cyclic amide) rings is 1.